The summed E-state index contributed by atoms with van der Waals surface area (Å²) in [6.07, 6.45) is 13.9. The molecule has 0 radical (unpaired) electrons. The van der Waals surface area contributed by atoms with Gasteiger partial charge in [-0.1, -0.05) is 73.3 Å². The third-order valence-corrected chi connectivity index (χ3v) is 15.6. The number of nitrogens with one attached hydrogen (secondary N) is 5. The number of pyridine rings is 2. The highest BCUT2D eigenvalue weighted by atomic mass is 79.9. The van der Waals surface area contributed by atoms with E-state index >= 15 is 0 Å². The number of fused-ring (bicyclic) bond motifs is 2. The number of aromatic nitrogens is 4. The summed E-state index contributed by atoms with van der Waals surface area (Å²) in [5, 5.41) is 19.3. The number of halogens is 4. The number of furan rings is 2. The van der Waals surface area contributed by atoms with Gasteiger partial charge >= 0.3 is 13.1 Å². The highest BCUT2D eigenvalue weighted by molar-refractivity contribution is 9.10. The number of benzene rings is 5. The van der Waals surface area contributed by atoms with E-state index in [1.165, 1.54) is 24.5 Å². The largest absolute Gasteiger partial charge is 0.494 e. The van der Waals surface area contributed by atoms with Gasteiger partial charge in [-0.05, 0) is 190 Å². The van der Waals surface area contributed by atoms with Gasteiger partial charge in [-0.2, -0.15) is 0 Å². The van der Waals surface area contributed by atoms with Crippen molar-refractivity contribution in [3.63, 3.8) is 0 Å². The summed E-state index contributed by atoms with van der Waals surface area (Å²) in [6.45, 7) is 11.0. The van der Waals surface area contributed by atoms with Crippen LogP contribution in [0, 0.1) is 0 Å². The van der Waals surface area contributed by atoms with Crippen LogP contribution >= 0.6 is 55.1 Å². The normalized spacial score (nSPS) is 12.8. The zero-order valence-corrected chi connectivity index (χ0v) is 55.4. The first-order chi connectivity index (χ1) is 44.4. The van der Waals surface area contributed by atoms with Crippen LogP contribution in [0.2, 0.25) is 10.0 Å². The first kappa shape index (κ1) is 69.2. The molecule has 0 spiro atoms. The molecule has 0 bridgehead atoms. The lowest BCUT2D eigenvalue weighted by Crippen LogP contribution is -2.41. The minimum atomic E-state index is -0.896. The van der Waals surface area contributed by atoms with E-state index in [0.717, 1.165) is 47.4 Å². The molecule has 5 aromatic carbocycles. The number of amides is 4. The minimum Gasteiger partial charge on any atom is -0.478 e. The molecule has 1 aliphatic rings. The van der Waals surface area contributed by atoms with Crippen molar-refractivity contribution >= 4 is 149 Å². The van der Waals surface area contributed by atoms with Crippen molar-refractivity contribution in [2.75, 3.05) is 23.4 Å². The molecule has 0 atom stereocenters. The van der Waals surface area contributed by atoms with Crippen molar-refractivity contribution in [2.24, 2.45) is 0 Å². The summed E-state index contributed by atoms with van der Waals surface area (Å²) in [4.78, 5) is 74.3. The van der Waals surface area contributed by atoms with E-state index in [9.17, 15) is 24.0 Å². The molecule has 0 unspecified atom stereocenters. The molecular weight excluding hydrogens is 1360 g/mol. The molecule has 26 heteroatoms. The molecule has 93 heavy (non-hydrogen) atoms. The number of hydrazine groups is 1. The highest BCUT2D eigenvalue weighted by Crippen LogP contribution is 2.38. The Kier molecular flexibility index (Phi) is 23.9. The fraction of sp³-hybridized carbons (Fsp3) is 0.149. The summed E-state index contributed by atoms with van der Waals surface area (Å²) in [7, 11) is -0.520. The van der Waals surface area contributed by atoms with E-state index < -0.39 is 24.3 Å². The quantitative estimate of drug-likeness (QED) is 0.0253. The Morgan fingerprint density at radius 3 is 1.56 bits per heavy atom. The molecule has 0 aliphatic carbocycles. The van der Waals surface area contributed by atoms with Crippen molar-refractivity contribution in [3.05, 3.63) is 235 Å². The maximum Gasteiger partial charge on any atom is 0.494 e. The predicted molar refractivity (Wildman–Crippen MR) is 369 cm³/mol. The number of carbonyl (C=O) groups excluding carboxylic acids is 4. The number of hydrogen-bond donors (Lipinski definition) is 8. The van der Waals surface area contributed by atoms with E-state index in [1.54, 1.807) is 116 Å². The van der Waals surface area contributed by atoms with Crippen LogP contribution in [-0.4, -0.2) is 79.5 Å². The first-order valence-corrected chi connectivity index (χ1v) is 30.9. The van der Waals surface area contributed by atoms with Gasteiger partial charge in [0.25, 0.3) is 11.8 Å². The van der Waals surface area contributed by atoms with Crippen LogP contribution in [-0.2, 0) is 32.0 Å². The molecule has 10 aromatic rings. The molecule has 11 rings (SSSR count). The molecule has 0 saturated carbocycles. The number of hydrogen-bond acceptors (Lipinski definition) is 16. The number of carbonyl (C=O) groups is 5. The number of carboxylic acids is 1. The third-order valence-electron chi connectivity index (χ3n) is 14.0. The van der Waals surface area contributed by atoms with Crippen molar-refractivity contribution < 1.29 is 47.2 Å². The maximum atomic E-state index is 12.4. The van der Waals surface area contributed by atoms with E-state index in [2.05, 4.69) is 78.6 Å². The van der Waals surface area contributed by atoms with Crippen LogP contribution < -0.4 is 43.7 Å². The van der Waals surface area contributed by atoms with Gasteiger partial charge in [-0.3, -0.25) is 35.0 Å². The Balaban J connectivity index is 0.000000182. The zero-order valence-electron chi connectivity index (χ0n) is 50.7. The number of carboxylic acid groups (broad SMARTS) is 1. The standard InChI is InChI=1S/C28H22ClN7O3.C23H25BClN3O4.C9H10BrNO.C7H5BrO2/c29-23-13-20(18-3-5-19(6-4-18)28(38)36-35-25-16-31-9-10-32-25)11-21-12-22(39-27(21)23)15-34-26(37)8-2-17-1-7-24(30)33-14-17;1-22(2)23(3,4)32-24(31-22)16-9-15-10-17(30-21(15)18(25)11-16)13-28-20(29)8-6-14-5-7-19(26)27-12-14;1-2-11-9(12)7-3-5-8(10)6-4-7;8-6-3-1-5(2-4-6)7(9)10/h1-14,16H,15H2,(H2,30,33)(H,32,35)(H,34,37)(H,36,38);5-12H,13H2,1-4H3,(H2,26,27)(H,28,29);3-6H,2H2,1H3,(H,11,12);1-4H,(H,9,10)/b8-2+;8-6+;;. The number of nitrogen functional groups attached to an aromatic ring is 2. The second-order valence-electron chi connectivity index (χ2n) is 21.4. The summed E-state index contributed by atoms with van der Waals surface area (Å²) in [5.74, 6) is 0.636. The highest BCUT2D eigenvalue weighted by Gasteiger charge is 2.52. The number of rotatable bonds is 16. The van der Waals surface area contributed by atoms with E-state index in [1.807, 2.05) is 83.1 Å². The van der Waals surface area contributed by atoms with Gasteiger partial charge in [0, 0.05) is 74.3 Å². The van der Waals surface area contributed by atoms with Gasteiger partial charge in [0.05, 0.1) is 46.1 Å². The maximum absolute atomic E-state index is 12.4. The first-order valence-electron chi connectivity index (χ1n) is 28.5. The lowest BCUT2D eigenvalue weighted by molar-refractivity contribution is -0.117. The van der Waals surface area contributed by atoms with E-state index in [0.29, 0.717) is 73.4 Å². The molecule has 1 saturated heterocycles. The van der Waals surface area contributed by atoms with Gasteiger partial charge in [-0.15, -0.1) is 0 Å². The van der Waals surface area contributed by atoms with Crippen LogP contribution in [0.25, 0.3) is 45.2 Å². The molecule has 5 aromatic heterocycles. The minimum absolute atomic E-state index is 0.0231. The van der Waals surface area contributed by atoms with Crippen molar-refractivity contribution in [1.29, 1.82) is 0 Å². The zero-order chi connectivity index (χ0) is 66.8. The Hall–Kier alpha value is -9.69. The third kappa shape index (κ3) is 19.9. The monoisotopic (exact) mass is 1420 g/mol. The van der Waals surface area contributed by atoms with Gasteiger partial charge in [-0.25, -0.2) is 19.7 Å². The molecule has 1 aliphatic heterocycles. The smallest absolute Gasteiger partial charge is 0.478 e. The Bertz CT molecular complexity index is 4300. The van der Waals surface area contributed by atoms with Crippen LogP contribution in [0.3, 0.4) is 0 Å². The SMILES string of the molecule is CC1(C)OB(c2cc(Cl)c3oc(CNC(=O)/C=C/c4ccc(N)nc4)cc3c2)OC1(C)C.CCNC(=O)c1ccc(Br)cc1.Nc1ccc(/C=C/C(=O)NCc2cc3cc(-c4ccc(C(=O)NNc5cnccn5)cc4)cc(Cl)c3o2)cn1.O=C(O)c1ccc(Br)cc1. The lowest BCUT2D eigenvalue weighted by Gasteiger charge is -2.32. The summed E-state index contributed by atoms with van der Waals surface area (Å²) in [5.41, 5.74) is 22.2. The van der Waals surface area contributed by atoms with E-state index in [4.69, 9.17) is 57.9 Å². The van der Waals surface area contributed by atoms with Crippen molar-refractivity contribution in [3.8, 4) is 11.1 Å². The van der Waals surface area contributed by atoms with Crippen LogP contribution in [0.1, 0.15) is 88.3 Å². The van der Waals surface area contributed by atoms with Gasteiger partial charge in [0.15, 0.2) is 17.0 Å². The van der Waals surface area contributed by atoms with Gasteiger partial charge in [0.2, 0.25) is 11.8 Å². The Labute approximate surface area is 562 Å². The molecule has 4 amide bonds. The summed E-state index contributed by atoms with van der Waals surface area (Å²) < 4.78 is 25.8. The fourth-order valence-corrected chi connectivity index (χ4v) is 9.54. The van der Waals surface area contributed by atoms with E-state index in [-0.39, 0.29) is 36.7 Å². The topological polar surface area (TPSA) is 314 Å². The number of aromatic carboxylic acids is 1. The van der Waals surface area contributed by atoms with Crippen LogP contribution in [0.15, 0.2) is 194 Å². The molecule has 6 heterocycles. The number of anilines is 3. The second kappa shape index (κ2) is 32.1. The van der Waals surface area contributed by atoms with Gasteiger partial charge in [0.1, 0.15) is 23.2 Å². The van der Waals surface area contributed by atoms with Crippen molar-refractivity contribution in [2.45, 2.75) is 58.9 Å². The number of nitrogens with two attached hydrogens (primary N) is 2. The predicted octanol–water partition coefficient (Wildman–Crippen LogP) is 12.6. The molecule has 1 fully saturated rings. The van der Waals surface area contributed by atoms with Crippen LogP contribution in [0.5, 0.6) is 0 Å². The lowest BCUT2D eigenvalue weighted by atomic mass is 9.78. The Morgan fingerprint density at radius 2 is 1.08 bits per heavy atom. The molecular formula is C67H62BBr2Cl2N11O10. The van der Waals surface area contributed by atoms with Crippen LogP contribution in [0.4, 0.5) is 17.5 Å². The molecule has 21 nitrogen and oxygen atoms in total. The fourth-order valence-electron chi connectivity index (χ4n) is 8.47. The average molecular weight is 1420 g/mol. The summed E-state index contributed by atoms with van der Waals surface area (Å²) in [6, 6.07) is 38.9. The number of nitrogens with zero attached hydrogens (tertiary/aromatic N) is 4. The molecule has 476 valence electrons. The second-order valence-corrected chi connectivity index (χ2v) is 24.0. The summed E-state index contributed by atoms with van der Waals surface area (Å²) >= 11 is 19.5. The Morgan fingerprint density at radius 1 is 0.581 bits per heavy atom. The molecule has 10 N–H and O–H groups in total. The van der Waals surface area contributed by atoms with Crippen molar-refractivity contribution in [1.82, 2.24) is 41.3 Å². The average Bonchev–Trinajstić information content (AvgIpc) is 1.66. The van der Waals surface area contributed by atoms with Gasteiger partial charge < -0.3 is 50.7 Å².